The highest BCUT2D eigenvalue weighted by molar-refractivity contribution is 6.31. The quantitative estimate of drug-likeness (QED) is 0.835. The predicted octanol–water partition coefficient (Wildman–Crippen LogP) is 4.49. The topological polar surface area (TPSA) is 12.0 Å². The van der Waals surface area contributed by atoms with Crippen molar-refractivity contribution in [3.63, 3.8) is 0 Å². The lowest BCUT2D eigenvalue weighted by Crippen LogP contribution is -2.27. The van der Waals surface area contributed by atoms with Gasteiger partial charge in [0, 0.05) is 11.1 Å². The first kappa shape index (κ1) is 12.9. The highest BCUT2D eigenvalue weighted by Crippen LogP contribution is 2.36. The second-order valence-electron chi connectivity index (χ2n) is 5.19. The van der Waals surface area contributed by atoms with Gasteiger partial charge in [0.1, 0.15) is 0 Å². The Labute approximate surface area is 110 Å². The van der Waals surface area contributed by atoms with E-state index in [1.54, 1.807) is 0 Å². The predicted molar refractivity (Wildman–Crippen MR) is 74.6 cm³/mol. The zero-order chi connectivity index (χ0) is 12.3. The fraction of sp³-hybridized carbons (Fsp3) is 0.600. The van der Waals surface area contributed by atoms with Crippen LogP contribution < -0.4 is 5.32 Å². The van der Waals surface area contributed by atoms with Crippen molar-refractivity contribution in [2.75, 3.05) is 7.05 Å². The zero-order valence-electron chi connectivity index (χ0n) is 10.8. The average Bonchev–Trinajstić information content (AvgIpc) is 2.34. The van der Waals surface area contributed by atoms with Crippen LogP contribution in [0, 0.1) is 12.8 Å². The molecule has 0 radical (unpaired) electrons. The summed E-state index contributed by atoms with van der Waals surface area (Å²) in [6.45, 7) is 2.09. The number of benzene rings is 1. The lowest BCUT2D eigenvalue weighted by molar-refractivity contribution is 0.282. The van der Waals surface area contributed by atoms with Crippen LogP contribution in [0.5, 0.6) is 0 Å². The minimum absolute atomic E-state index is 0.420. The van der Waals surface area contributed by atoms with Gasteiger partial charge in [-0.3, -0.25) is 0 Å². The van der Waals surface area contributed by atoms with Gasteiger partial charge in [-0.05, 0) is 49.9 Å². The Morgan fingerprint density at radius 2 is 1.94 bits per heavy atom. The average molecular weight is 252 g/mol. The Morgan fingerprint density at radius 1 is 1.24 bits per heavy atom. The van der Waals surface area contributed by atoms with Crippen molar-refractivity contribution < 1.29 is 0 Å². The van der Waals surface area contributed by atoms with Gasteiger partial charge in [0.2, 0.25) is 0 Å². The molecule has 1 nitrogen and oxygen atoms in total. The van der Waals surface area contributed by atoms with Gasteiger partial charge in [-0.15, -0.1) is 0 Å². The molecule has 17 heavy (non-hydrogen) atoms. The van der Waals surface area contributed by atoms with E-state index in [1.165, 1.54) is 43.2 Å². The van der Waals surface area contributed by atoms with E-state index in [0.717, 1.165) is 10.9 Å². The number of rotatable bonds is 3. The SMILES string of the molecule is CNC(c1ccc(C)cc1Cl)C1CCCCC1. The molecular weight excluding hydrogens is 230 g/mol. The molecule has 0 heterocycles. The molecule has 1 aliphatic carbocycles. The normalized spacial score (nSPS) is 19.2. The molecule has 1 atom stereocenters. The molecule has 94 valence electrons. The summed E-state index contributed by atoms with van der Waals surface area (Å²) in [5.41, 5.74) is 2.50. The monoisotopic (exact) mass is 251 g/mol. The Balaban J connectivity index is 2.21. The van der Waals surface area contributed by atoms with E-state index in [9.17, 15) is 0 Å². The number of hydrogen-bond acceptors (Lipinski definition) is 1. The van der Waals surface area contributed by atoms with Gasteiger partial charge in [0.15, 0.2) is 0 Å². The standard InChI is InChI=1S/C15H22ClN/c1-11-8-9-13(14(16)10-11)15(17-2)12-6-4-3-5-7-12/h8-10,12,15,17H,3-7H2,1-2H3. The molecule has 0 bridgehead atoms. The summed E-state index contributed by atoms with van der Waals surface area (Å²) in [6.07, 6.45) is 6.79. The van der Waals surface area contributed by atoms with Crippen LogP contribution in [0.2, 0.25) is 5.02 Å². The van der Waals surface area contributed by atoms with Crippen LogP contribution in [0.25, 0.3) is 0 Å². The third-order valence-corrected chi connectivity index (χ3v) is 4.25. The van der Waals surface area contributed by atoms with Crippen LogP contribution >= 0.6 is 11.6 Å². The molecule has 1 saturated carbocycles. The van der Waals surface area contributed by atoms with Crippen molar-refractivity contribution in [1.29, 1.82) is 0 Å². The van der Waals surface area contributed by atoms with Crippen LogP contribution in [0.15, 0.2) is 18.2 Å². The molecular formula is C15H22ClN. The van der Waals surface area contributed by atoms with E-state index in [4.69, 9.17) is 11.6 Å². The van der Waals surface area contributed by atoms with E-state index in [0.29, 0.717) is 6.04 Å². The Bertz CT molecular complexity index is 369. The first-order valence-corrected chi connectivity index (χ1v) is 7.03. The molecule has 2 rings (SSSR count). The van der Waals surface area contributed by atoms with Gasteiger partial charge in [0.25, 0.3) is 0 Å². The molecule has 1 fully saturated rings. The zero-order valence-corrected chi connectivity index (χ0v) is 11.6. The maximum Gasteiger partial charge on any atom is 0.0456 e. The molecule has 1 aliphatic rings. The van der Waals surface area contributed by atoms with Gasteiger partial charge >= 0.3 is 0 Å². The van der Waals surface area contributed by atoms with Crippen LogP contribution in [0.1, 0.15) is 49.3 Å². The lowest BCUT2D eigenvalue weighted by atomic mass is 9.81. The fourth-order valence-corrected chi connectivity index (χ4v) is 3.35. The minimum Gasteiger partial charge on any atom is -0.313 e. The Hall–Kier alpha value is -0.530. The molecule has 1 aromatic rings. The van der Waals surface area contributed by atoms with Crippen LogP contribution in [-0.4, -0.2) is 7.05 Å². The van der Waals surface area contributed by atoms with E-state index in [1.807, 2.05) is 0 Å². The third-order valence-electron chi connectivity index (χ3n) is 3.92. The summed E-state index contributed by atoms with van der Waals surface area (Å²) >= 11 is 6.38. The Kier molecular flexibility index (Phi) is 4.47. The summed E-state index contributed by atoms with van der Waals surface area (Å²) in [7, 11) is 2.05. The van der Waals surface area contributed by atoms with Gasteiger partial charge < -0.3 is 5.32 Å². The number of halogens is 1. The number of aryl methyl sites for hydroxylation is 1. The van der Waals surface area contributed by atoms with E-state index in [-0.39, 0.29) is 0 Å². The van der Waals surface area contributed by atoms with Crippen molar-refractivity contribution >= 4 is 11.6 Å². The largest absolute Gasteiger partial charge is 0.313 e. The molecule has 0 saturated heterocycles. The summed E-state index contributed by atoms with van der Waals surface area (Å²) in [4.78, 5) is 0. The van der Waals surface area contributed by atoms with Gasteiger partial charge in [-0.25, -0.2) is 0 Å². The van der Waals surface area contributed by atoms with Crippen molar-refractivity contribution in [1.82, 2.24) is 5.32 Å². The minimum atomic E-state index is 0.420. The molecule has 1 aromatic carbocycles. The smallest absolute Gasteiger partial charge is 0.0456 e. The summed E-state index contributed by atoms with van der Waals surface area (Å²) in [6, 6.07) is 6.84. The maximum atomic E-state index is 6.38. The molecule has 0 spiro atoms. The van der Waals surface area contributed by atoms with Crippen LogP contribution in [-0.2, 0) is 0 Å². The lowest BCUT2D eigenvalue weighted by Gasteiger charge is -2.31. The highest BCUT2D eigenvalue weighted by Gasteiger charge is 2.25. The third kappa shape index (κ3) is 3.02. The number of nitrogens with one attached hydrogen (secondary N) is 1. The van der Waals surface area contributed by atoms with Crippen molar-refractivity contribution in [2.45, 2.75) is 45.1 Å². The second kappa shape index (κ2) is 5.88. The highest BCUT2D eigenvalue weighted by atomic mass is 35.5. The van der Waals surface area contributed by atoms with Gasteiger partial charge in [-0.2, -0.15) is 0 Å². The molecule has 1 unspecified atom stereocenters. The van der Waals surface area contributed by atoms with Crippen LogP contribution in [0.4, 0.5) is 0 Å². The maximum absolute atomic E-state index is 6.38. The first-order valence-electron chi connectivity index (χ1n) is 6.65. The van der Waals surface area contributed by atoms with E-state index >= 15 is 0 Å². The summed E-state index contributed by atoms with van der Waals surface area (Å²) in [5.74, 6) is 0.744. The second-order valence-corrected chi connectivity index (χ2v) is 5.60. The molecule has 0 aromatic heterocycles. The number of hydrogen-bond donors (Lipinski definition) is 1. The summed E-state index contributed by atoms with van der Waals surface area (Å²) < 4.78 is 0. The molecule has 1 N–H and O–H groups in total. The summed E-state index contributed by atoms with van der Waals surface area (Å²) in [5, 5.41) is 4.38. The molecule has 0 amide bonds. The first-order chi connectivity index (χ1) is 8.22. The fourth-order valence-electron chi connectivity index (χ4n) is 3.00. The van der Waals surface area contributed by atoms with Gasteiger partial charge in [0.05, 0.1) is 0 Å². The molecule has 0 aliphatic heterocycles. The van der Waals surface area contributed by atoms with E-state index in [2.05, 4.69) is 37.5 Å². The Morgan fingerprint density at radius 3 is 2.53 bits per heavy atom. The van der Waals surface area contributed by atoms with Crippen molar-refractivity contribution in [3.8, 4) is 0 Å². The van der Waals surface area contributed by atoms with Gasteiger partial charge in [-0.1, -0.05) is 43.0 Å². The van der Waals surface area contributed by atoms with E-state index < -0.39 is 0 Å². The van der Waals surface area contributed by atoms with Crippen molar-refractivity contribution in [2.24, 2.45) is 5.92 Å². The molecule has 2 heteroatoms. The van der Waals surface area contributed by atoms with Crippen LogP contribution in [0.3, 0.4) is 0 Å². The van der Waals surface area contributed by atoms with Crippen molar-refractivity contribution in [3.05, 3.63) is 34.3 Å².